The Hall–Kier alpha value is -4.79. The summed E-state index contributed by atoms with van der Waals surface area (Å²) in [7, 11) is 0. The van der Waals surface area contributed by atoms with E-state index in [9.17, 15) is 9.59 Å². The third-order valence-electron chi connectivity index (χ3n) is 6.95. The van der Waals surface area contributed by atoms with Gasteiger partial charge in [-0.3, -0.25) is 9.59 Å². The van der Waals surface area contributed by atoms with Gasteiger partial charge in [0.15, 0.2) is 16.8 Å². The number of nitrogens with one attached hydrogen (secondary N) is 2. The number of hydrogen-bond donors (Lipinski definition) is 2. The number of carbonyl (C=O) groups is 1. The molecule has 0 radical (unpaired) electrons. The van der Waals surface area contributed by atoms with Crippen molar-refractivity contribution >= 4 is 22.6 Å². The standard InChI is InChI=1S/C30H27N5O4/c36-25-18-27(30-32-34-35-33-30)39-29-23(25)10-5-11-24(29)31-28(37)17-20-12-15-26-21(16-20)13-14-22(38-26)9-4-8-19-6-2-1-3-7-19/h1-3,5-7,10-12,15-16,18,22H,4,8-9,13-14,17H2,(H,31,37)(H,32,33,34,35). The van der Waals surface area contributed by atoms with Gasteiger partial charge in [0.25, 0.3) is 0 Å². The molecule has 9 heteroatoms. The lowest BCUT2D eigenvalue weighted by atomic mass is 9.96. The van der Waals surface area contributed by atoms with Crippen LogP contribution in [0.1, 0.15) is 36.0 Å². The highest BCUT2D eigenvalue weighted by Gasteiger charge is 2.21. The first-order valence-corrected chi connectivity index (χ1v) is 13.1. The molecule has 1 aliphatic heterocycles. The van der Waals surface area contributed by atoms with Crippen LogP contribution in [0.3, 0.4) is 0 Å². The van der Waals surface area contributed by atoms with Crippen LogP contribution in [0.4, 0.5) is 5.69 Å². The molecule has 0 aliphatic carbocycles. The first-order chi connectivity index (χ1) is 19.1. The van der Waals surface area contributed by atoms with Gasteiger partial charge in [0.05, 0.1) is 23.6 Å². The molecule has 6 rings (SSSR count). The molecular formula is C30H27N5O4. The van der Waals surface area contributed by atoms with Crippen LogP contribution >= 0.6 is 0 Å². The predicted molar refractivity (Wildman–Crippen MR) is 147 cm³/mol. The molecule has 1 unspecified atom stereocenters. The van der Waals surface area contributed by atoms with Gasteiger partial charge in [0, 0.05) is 6.07 Å². The van der Waals surface area contributed by atoms with E-state index >= 15 is 0 Å². The minimum absolute atomic E-state index is 0.157. The maximum absolute atomic E-state index is 13.0. The molecule has 2 aromatic heterocycles. The number of aromatic nitrogens is 4. The molecule has 196 valence electrons. The first kappa shape index (κ1) is 24.5. The molecular weight excluding hydrogens is 494 g/mol. The average molecular weight is 522 g/mol. The number of para-hydroxylation sites is 1. The van der Waals surface area contributed by atoms with Gasteiger partial charge >= 0.3 is 0 Å². The van der Waals surface area contributed by atoms with Crippen LogP contribution in [0.25, 0.3) is 22.6 Å². The maximum atomic E-state index is 13.0. The van der Waals surface area contributed by atoms with Gasteiger partial charge in [-0.15, -0.1) is 10.2 Å². The lowest BCUT2D eigenvalue weighted by Gasteiger charge is -2.26. The number of aromatic amines is 1. The molecule has 0 spiro atoms. The molecule has 0 saturated heterocycles. The molecule has 3 heterocycles. The van der Waals surface area contributed by atoms with Gasteiger partial charge in [-0.1, -0.05) is 48.5 Å². The maximum Gasteiger partial charge on any atom is 0.239 e. The first-order valence-electron chi connectivity index (χ1n) is 13.1. The van der Waals surface area contributed by atoms with E-state index in [1.54, 1.807) is 18.2 Å². The summed E-state index contributed by atoms with van der Waals surface area (Å²) >= 11 is 0. The summed E-state index contributed by atoms with van der Waals surface area (Å²) in [6.45, 7) is 0. The van der Waals surface area contributed by atoms with Crippen molar-refractivity contribution in [3.05, 3.63) is 99.7 Å². The van der Waals surface area contributed by atoms with Crippen molar-refractivity contribution in [2.45, 2.75) is 44.6 Å². The van der Waals surface area contributed by atoms with Crippen molar-refractivity contribution in [3.63, 3.8) is 0 Å². The molecule has 2 N–H and O–H groups in total. The summed E-state index contributed by atoms with van der Waals surface area (Å²) in [6.07, 6.45) is 5.46. The van der Waals surface area contributed by atoms with Crippen molar-refractivity contribution in [2.75, 3.05) is 5.32 Å². The fraction of sp³-hybridized carbons (Fsp3) is 0.233. The molecule has 39 heavy (non-hydrogen) atoms. The molecule has 3 aromatic carbocycles. The van der Waals surface area contributed by atoms with Crippen molar-refractivity contribution < 1.29 is 13.9 Å². The number of fused-ring (bicyclic) bond motifs is 2. The molecule has 5 aromatic rings. The smallest absolute Gasteiger partial charge is 0.239 e. The third-order valence-corrected chi connectivity index (χ3v) is 6.95. The second-order valence-electron chi connectivity index (χ2n) is 9.72. The van der Waals surface area contributed by atoms with Crippen LogP contribution in [0.5, 0.6) is 5.75 Å². The molecule has 1 atom stereocenters. The normalized spacial score (nSPS) is 14.5. The number of benzene rings is 3. The van der Waals surface area contributed by atoms with Gasteiger partial charge in [0.1, 0.15) is 5.75 Å². The molecule has 0 bridgehead atoms. The molecule has 1 amide bonds. The highest BCUT2D eigenvalue weighted by molar-refractivity contribution is 6.00. The Kier molecular flexibility index (Phi) is 6.86. The average Bonchev–Trinajstić information content (AvgIpc) is 3.49. The Morgan fingerprint density at radius 3 is 2.77 bits per heavy atom. The van der Waals surface area contributed by atoms with Crippen LogP contribution in [0.2, 0.25) is 0 Å². The Bertz CT molecular complexity index is 1660. The number of aryl methyl sites for hydroxylation is 2. The van der Waals surface area contributed by atoms with Crippen LogP contribution in [0.15, 0.2) is 82.0 Å². The number of ether oxygens (including phenoxy) is 1. The number of nitrogens with zero attached hydrogens (tertiary/aromatic N) is 3. The Balaban J connectivity index is 1.10. The summed E-state index contributed by atoms with van der Waals surface area (Å²) in [5, 5.41) is 16.8. The summed E-state index contributed by atoms with van der Waals surface area (Å²) in [6, 6.07) is 22.8. The number of anilines is 1. The zero-order valence-corrected chi connectivity index (χ0v) is 21.2. The van der Waals surface area contributed by atoms with Gasteiger partial charge in [-0.2, -0.15) is 5.21 Å². The van der Waals surface area contributed by atoms with Gasteiger partial charge < -0.3 is 14.5 Å². The monoisotopic (exact) mass is 521 g/mol. The Labute approximate surface area is 224 Å². The summed E-state index contributed by atoms with van der Waals surface area (Å²) in [5.74, 6) is 1.01. The summed E-state index contributed by atoms with van der Waals surface area (Å²) < 4.78 is 12.2. The topological polar surface area (TPSA) is 123 Å². The highest BCUT2D eigenvalue weighted by Crippen LogP contribution is 2.31. The van der Waals surface area contributed by atoms with Crippen molar-refractivity contribution in [3.8, 4) is 17.3 Å². The molecule has 1 aliphatic rings. The van der Waals surface area contributed by atoms with Crippen LogP contribution in [-0.2, 0) is 24.1 Å². The lowest BCUT2D eigenvalue weighted by molar-refractivity contribution is -0.115. The number of rotatable bonds is 8. The van der Waals surface area contributed by atoms with E-state index in [1.165, 1.54) is 11.6 Å². The van der Waals surface area contributed by atoms with E-state index in [-0.39, 0.29) is 41.0 Å². The van der Waals surface area contributed by atoms with E-state index in [0.717, 1.165) is 49.0 Å². The van der Waals surface area contributed by atoms with Gasteiger partial charge in [-0.05, 0) is 72.2 Å². The Morgan fingerprint density at radius 1 is 1.03 bits per heavy atom. The molecule has 0 fully saturated rings. The number of hydrogen-bond acceptors (Lipinski definition) is 7. The minimum atomic E-state index is -0.264. The second-order valence-corrected chi connectivity index (χ2v) is 9.72. The van der Waals surface area contributed by atoms with Crippen molar-refractivity contribution in [1.82, 2.24) is 20.6 Å². The number of carbonyl (C=O) groups excluding carboxylic acids is 1. The number of tetrazole rings is 1. The van der Waals surface area contributed by atoms with E-state index in [4.69, 9.17) is 9.15 Å². The van der Waals surface area contributed by atoms with Crippen molar-refractivity contribution in [2.24, 2.45) is 0 Å². The van der Waals surface area contributed by atoms with Crippen LogP contribution < -0.4 is 15.5 Å². The zero-order valence-electron chi connectivity index (χ0n) is 21.2. The van der Waals surface area contributed by atoms with Crippen molar-refractivity contribution in [1.29, 1.82) is 0 Å². The SMILES string of the molecule is O=C(Cc1ccc2c(c1)CCC(CCCc1ccccc1)O2)Nc1cccc2c(=O)cc(-c3nn[nH]n3)oc12. The van der Waals surface area contributed by atoms with Crippen LogP contribution in [0, 0.1) is 0 Å². The van der Waals surface area contributed by atoms with E-state index in [2.05, 4.69) is 50.2 Å². The van der Waals surface area contributed by atoms with E-state index in [1.807, 2.05) is 24.3 Å². The lowest BCUT2D eigenvalue weighted by Crippen LogP contribution is -2.23. The van der Waals surface area contributed by atoms with Gasteiger partial charge in [0.2, 0.25) is 11.7 Å². The predicted octanol–water partition coefficient (Wildman–Crippen LogP) is 4.87. The second kappa shape index (κ2) is 10.9. The minimum Gasteiger partial charge on any atom is -0.490 e. The van der Waals surface area contributed by atoms with Gasteiger partial charge in [-0.25, -0.2) is 0 Å². The fourth-order valence-electron chi connectivity index (χ4n) is 5.02. The number of amides is 1. The number of H-pyrrole nitrogens is 1. The largest absolute Gasteiger partial charge is 0.490 e. The summed E-state index contributed by atoms with van der Waals surface area (Å²) in [5.41, 5.74) is 3.77. The highest BCUT2D eigenvalue weighted by atomic mass is 16.5. The zero-order chi connectivity index (χ0) is 26.6. The summed E-state index contributed by atoms with van der Waals surface area (Å²) in [4.78, 5) is 25.6. The van der Waals surface area contributed by atoms with Crippen LogP contribution in [-0.4, -0.2) is 32.6 Å². The molecule has 9 nitrogen and oxygen atoms in total. The van der Waals surface area contributed by atoms with E-state index in [0.29, 0.717) is 11.1 Å². The quantitative estimate of drug-likeness (QED) is 0.299. The Morgan fingerprint density at radius 2 is 1.92 bits per heavy atom. The van der Waals surface area contributed by atoms with E-state index < -0.39 is 0 Å². The third kappa shape index (κ3) is 5.57. The molecule has 0 saturated carbocycles. The fourth-order valence-corrected chi connectivity index (χ4v) is 5.02.